The van der Waals surface area contributed by atoms with Crippen LogP contribution in [0.4, 0.5) is 11.4 Å². The highest BCUT2D eigenvalue weighted by Gasteiger charge is 2.15. The number of aliphatic hydroxyl groups is 2. The molecular formula is C20H17N5O6. The Kier molecular flexibility index (Phi) is 5.68. The molecule has 0 saturated carbocycles. The van der Waals surface area contributed by atoms with Crippen molar-refractivity contribution in [3.8, 4) is 0 Å². The summed E-state index contributed by atoms with van der Waals surface area (Å²) in [5.41, 5.74) is 0.402. The van der Waals surface area contributed by atoms with Crippen molar-refractivity contribution in [2.45, 2.75) is 6.92 Å². The quantitative estimate of drug-likeness (QED) is 0.200. The zero-order valence-corrected chi connectivity index (χ0v) is 16.1. The number of imidazole rings is 1. The summed E-state index contributed by atoms with van der Waals surface area (Å²) in [4.78, 5) is 40.3. The Morgan fingerprint density at radius 3 is 2.39 bits per heavy atom. The summed E-state index contributed by atoms with van der Waals surface area (Å²) in [6.45, 7) is 4.60. The lowest BCUT2D eigenvalue weighted by Crippen LogP contribution is -2.14. The number of H-pyrrole nitrogens is 2. The molecule has 11 nitrogen and oxygen atoms in total. The van der Waals surface area contributed by atoms with E-state index >= 15 is 0 Å². The van der Waals surface area contributed by atoms with Gasteiger partial charge in [-0.15, -0.1) is 10.2 Å². The molecule has 31 heavy (non-hydrogen) atoms. The molecule has 0 saturated heterocycles. The molecule has 0 aliphatic rings. The molecule has 11 heteroatoms. The van der Waals surface area contributed by atoms with Crippen LogP contribution in [0.2, 0.25) is 0 Å². The first-order valence-electron chi connectivity index (χ1n) is 8.76. The average molecular weight is 423 g/mol. The number of benzene rings is 2. The molecule has 2 aromatic carbocycles. The molecule has 0 aliphatic heterocycles. The van der Waals surface area contributed by atoms with Crippen molar-refractivity contribution in [1.82, 2.24) is 9.97 Å². The number of amides is 1. The number of fused-ring (bicyclic) bond motifs is 1. The van der Waals surface area contributed by atoms with Crippen molar-refractivity contribution in [2.24, 2.45) is 10.2 Å². The van der Waals surface area contributed by atoms with Crippen LogP contribution in [0.25, 0.3) is 16.8 Å². The number of carbonyl (C=O) groups is 2. The molecule has 3 rings (SSSR count). The smallest absolute Gasteiger partial charge is 0.335 e. The zero-order valence-electron chi connectivity index (χ0n) is 16.1. The third-order valence-corrected chi connectivity index (χ3v) is 4.14. The number of aliphatic hydroxyl groups excluding tert-OH is 2. The van der Waals surface area contributed by atoms with Crippen molar-refractivity contribution < 1.29 is 24.9 Å². The summed E-state index contributed by atoms with van der Waals surface area (Å²) < 4.78 is 0. The molecule has 0 bridgehead atoms. The Morgan fingerprint density at radius 2 is 1.74 bits per heavy atom. The van der Waals surface area contributed by atoms with E-state index in [1.165, 1.54) is 31.2 Å². The molecule has 0 atom stereocenters. The molecule has 1 heterocycles. The Hall–Kier alpha value is -4.67. The maximum atomic E-state index is 12.6. The molecule has 0 aliphatic carbocycles. The molecule has 0 radical (unpaired) electrons. The van der Waals surface area contributed by atoms with Gasteiger partial charge in [0.1, 0.15) is 11.5 Å². The first kappa shape index (κ1) is 21.0. The van der Waals surface area contributed by atoms with Crippen molar-refractivity contribution in [2.75, 3.05) is 5.32 Å². The second-order valence-electron chi connectivity index (χ2n) is 6.41. The van der Waals surface area contributed by atoms with E-state index in [-0.39, 0.29) is 22.6 Å². The van der Waals surface area contributed by atoms with E-state index in [4.69, 9.17) is 5.11 Å². The topological polar surface area (TPSA) is 180 Å². The number of aromatic amines is 2. The largest absolute Gasteiger partial charge is 0.510 e. The summed E-state index contributed by atoms with van der Waals surface area (Å²) in [6, 6.07) is 8.31. The molecule has 3 aromatic rings. The molecule has 0 spiro atoms. The van der Waals surface area contributed by atoms with Crippen LogP contribution < -0.4 is 11.0 Å². The van der Waals surface area contributed by atoms with Crippen molar-refractivity contribution in [3.63, 3.8) is 0 Å². The fourth-order valence-electron chi connectivity index (χ4n) is 2.68. The number of nitrogens with zero attached hydrogens (tertiary/aromatic N) is 2. The van der Waals surface area contributed by atoms with Crippen LogP contribution in [0, 0.1) is 0 Å². The molecule has 0 fully saturated rings. The van der Waals surface area contributed by atoms with Gasteiger partial charge in [0, 0.05) is 11.3 Å². The van der Waals surface area contributed by atoms with E-state index in [0.717, 1.165) is 6.07 Å². The summed E-state index contributed by atoms with van der Waals surface area (Å²) in [5, 5.41) is 38.8. The van der Waals surface area contributed by atoms with Gasteiger partial charge in [0.05, 0.1) is 22.3 Å². The van der Waals surface area contributed by atoms with Gasteiger partial charge in [-0.25, -0.2) is 9.59 Å². The van der Waals surface area contributed by atoms with Gasteiger partial charge in [-0.2, -0.15) is 0 Å². The fraction of sp³-hybridized carbons (Fsp3) is 0.0500. The number of hydrogen-bond donors (Lipinski definition) is 6. The van der Waals surface area contributed by atoms with Gasteiger partial charge in [0.25, 0.3) is 5.91 Å². The van der Waals surface area contributed by atoms with Gasteiger partial charge in [-0.05, 0) is 43.3 Å². The van der Waals surface area contributed by atoms with Crippen LogP contribution in [-0.4, -0.2) is 37.2 Å². The first-order chi connectivity index (χ1) is 14.7. The predicted octanol–water partition coefficient (Wildman–Crippen LogP) is 3.60. The van der Waals surface area contributed by atoms with E-state index in [2.05, 4.69) is 32.1 Å². The van der Waals surface area contributed by atoms with Gasteiger partial charge in [-0.1, -0.05) is 6.58 Å². The van der Waals surface area contributed by atoms with Crippen LogP contribution in [0.5, 0.6) is 0 Å². The predicted molar refractivity (Wildman–Crippen MR) is 112 cm³/mol. The Labute approximate surface area is 174 Å². The molecule has 0 unspecified atom stereocenters. The third-order valence-electron chi connectivity index (χ3n) is 4.14. The van der Waals surface area contributed by atoms with Crippen molar-refractivity contribution in [3.05, 3.63) is 76.0 Å². The van der Waals surface area contributed by atoms with Crippen molar-refractivity contribution >= 4 is 40.0 Å². The van der Waals surface area contributed by atoms with Crippen LogP contribution >= 0.6 is 0 Å². The zero-order chi connectivity index (χ0) is 22.7. The van der Waals surface area contributed by atoms with E-state index in [1.807, 2.05) is 0 Å². The molecule has 158 valence electrons. The lowest BCUT2D eigenvalue weighted by Gasteiger charge is -2.07. The van der Waals surface area contributed by atoms with Crippen LogP contribution in [0.3, 0.4) is 0 Å². The van der Waals surface area contributed by atoms with Gasteiger partial charge < -0.3 is 30.6 Å². The van der Waals surface area contributed by atoms with Gasteiger partial charge in [0.15, 0.2) is 5.70 Å². The summed E-state index contributed by atoms with van der Waals surface area (Å²) in [6.07, 6.45) is 0. The highest BCUT2D eigenvalue weighted by Crippen LogP contribution is 2.27. The highest BCUT2D eigenvalue weighted by molar-refractivity contribution is 6.04. The lowest BCUT2D eigenvalue weighted by molar-refractivity contribution is -0.113. The minimum absolute atomic E-state index is 0.0646. The number of anilines is 1. The average Bonchev–Trinajstić information content (AvgIpc) is 3.06. The second kappa shape index (κ2) is 8.37. The normalized spacial score (nSPS) is 12.0. The molecular weight excluding hydrogens is 406 g/mol. The van der Waals surface area contributed by atoms with E-state index in [1.54, 1.807) is 6.07 Å². The second-order valence-corrected chi connectivity index (χ2v) is 6.41. The number of carboxylic acids is 1. The van der Waals surface area contributed by atoms with Crippen LogP contribution in [-0.2, 0) is 4.79 Å². The molecule has 6 N–H and O–H groups in total. The minimum atomic E-state index is -1.23. The minimum Gasteiger partial charge on any atom is -0.510 e. The summed E-state index contributed by atoms with van der Waals surface area (Å²) >= 11 is 0. The summed E-state index contributed by atoms with van der Waals surface area (Å²) in [5.74, 6) is -2.86. The third kappa shape index (κ3) is 4.67. The lowest BCUT2D eigenvalue weighted by atomic mass is 10.1. The van der Waals surface area contributed by atoms with E-state index < -0.39 is 29.0 Å². The van der Waals surface area contributed by atoms with Crippen LogP contribution in [0.1, 0.15) is 22.8 Å². The van der Waals surface area contributed by atoms with Gasteiger partial charge >= 0.3 is 11.7 Å². The summed E-state index contributed by atoms with van der Waals surface area (Å²) in [7, 11) is 0. The SMILES string of the molecule is C=C(O)c1ccc(C(=O)O)cc1N=NC(C(=O)Nc1ccc2[nH]c(=O)[nH]c2c1)=C(C)O. The Morgan fingerprint density at radius 1 is 1.03 bits per heavy atom. The first-order valence-corrected chi connectivity index (χ1v) is 8.76. The van der Waals surface area contributed by atoms with Gasteiger partial charge in [0.2, 0.25) is 0 Å². The number of azo groups is 1. The maximum Gasteiger partial charge on any atom is 0.335 e. The number of allylic oxidation sites excluding steroid dienone is 1. The number of carboxylic acid groups (broad SMARTS) is 1. The Balaban J connectivity index is 1.91. The highest BCUT2D eigenvalue weighted by atomic mass is 16.4. The van der Waals surface area contributed by atoms with Gasteiger partial charge in [-0.3, -0.25) is 4.79 Å². The molecule has 1 amide bonds. The van der Waals surface area contributed by atoms with Crippen LogP contribution in [0.15, 0.2) is 69.5 Å². The number of hydrogen-bond acceptors (Lipinski definition) is 7. The standard InChI is InChI=1S/C20H17N5O6/c1-9(26)13-5-3-11(19(29)30)7-15(13)24-25-17(10(2)27)18(28)21-12-4-6-14-16(8-12)23-20(31)22-14/h3-8,26-27H,1H2,2H3,(H,21,28)(H,29,30)(H2,22,23,31). The maximum absolute atomic E-state index is 12.6. The number of nitrogens with one attached hydrogen (secondary N) is 3. The number of aromatic carboxylic acids is 1. The van der Waals surface area contributed by atoms with E-state index in [0.29, 0.717) is 16.7 Å². The number of rotatable bonds is 6. The Bertz CT molecular complexity index is 1330. The monoisotopic (exact) mass is 423 g/mol. The fourth-order valence-corrected chi connectivity index (χ4v) is 2.68. The number of carbonyl (C=O) groups excluding carboxylic acids is 1. The van der Waals surface area contributed by atoms with E-state index in [9.17, 15) is 24.6 Å². The molecule has 1 aromatic heterocycles. The number of aromatic nitrogens is 2. The van der Waals surface area contributed by atoms with Crippen molar-refractivity contribution in [1.29, 1.82) is 0 Å².